The van der Waals surface area contributed by atoms with Crippen molar-refractivity contribution in [3.8, 4) is 23.0 Å². The summed E-state index contributed by atoms with van der Waals surface area (Å²) in [5.74, 6) is 1.12. The van der Waals surface area contributed by atoms with Gasteiger partial charge in [-0.15, -0.1) is 0 Å². The second kappa shape index (κ2) is 11.9. The summed E-state index contributed by atoms with van der Waals surface area (Å²) < 4.78 is 22.1. The van der Waals surface area contributed by atoms with Crippen LogP contribution in [-0.2, 0) is 4.79 Å². The van der Waals surface area contributed by atoms with Gasteiger partial charge in [0.1, 0.15) is 0 Å². The summed E-state index contributed by atoms with van der Waals surface area (Å²) >= 11 is 3.45. The molecule has 32 heavy (non-hydrogen) atoms. The molecule has 0 unspecified atom stereocenters. The summed E-state index contributed by atoms with van der Waals surface area (Å²) in [4.78, 5) is 24.3. The maximum atomic E-state index is 12.3. The number of rotatable bonds is 10. The van der Waals surface area contributed by atoms with Gasteiger partial charge in [-0.25, -0.2) is 5.43 Å². The van der Waals surface area contributed by atoms with Crippen LogP contribution in [0.25, 0.3) is 0 Å². The second-order valence-electron chi connectivity index (χ2n) is 6.75. The smallest absolute Gasteiger partial charge is 0.259 e. The van der Waals surface area contributed by atoms with Crippen molar-refractivity contribution in [3.63, 3.8) is 0 Å². The molecule has 10 heteroatoms. The molecule has 2 rings (SSSR count). The molecule has 2 amide bonds. The lowest BCUT2D eigenvalue weighted by atomic mass is 10.2. The lowest BCUT2D eigenvalue weighted by Crippen LogP contribution is -2.34. The fourth-order valence-electron chi connectivity index (χ4n) is 2.62. The zero-order chi connectivity index (χ0) is 23.7. The molecule has 0 radical (unpaired) electrons. The van der Waals surface area contributed by atoms with Gasteiger partial charge in [-0.1, -0.05) is 0 Å². The Labute approximate surface area is 195 Å². The normalized spacial score (nSPS) is 10.7. The van der Waals surface area contributed by atoms with Gasteiger partial charge in [-0.05, 0) is 65.7 Å². The lowest BCUT2D eigenvalue weighted by molar-refractivity contribution is -0.120. The van der Waals surface area contributed by atoms with Crippen molar-refractivity contribution in [2.24, 2.45) is 5.10 Å². The third kappa shape index (κ3) is 6.88. The van der Waals surface area contributed by atoms with Crippen LogP contribution in [-0.4, -0.2) is 52.0 Å². The molecule has 0 aromatic heterocycles. The van der Waals surface area contributed by atoms with E-state index >= 15 is 0 Å². The molecule has 0 atom stereocenters. The number of hydrogen-bond acceptors (Lipinski definition) is 7. The third-order valence-electron chi connectivity index (χ3n) is 4.06. The average molecular weight is 508 g/mol. The molecule has 9 nitrogen and oxygen atoms in total. The quantitative estimate of drug-likeness (QED) is 0.377. The molecule has 2 aromatic rings. The first-order chi connectivity index (χ1) is 15.3. The van der Waals surface area contributed by atoms with Crippen LogP contribution in [0.1, 0.15) is 29.8 Å². The van der Waals surface area contributed by atoms with Crippen molar-refractivity contribution in [2.45, 2.75) is 20.0 Å². The fraction of sp³-hybridized carbons (Fsp3) is 0.318. The summed E-state index contributed by atoms with van der Waals surface area (Å²) in [7, 11) is 4.52. The molecule has 172 valence electrons. The molecular weight excluding hydrogens is 482 g/mol. The molecule has 0 aliphatic rings. The van der Waals surface area contributed by atoms with Gasteiger partial charge < -0.3 is 24.3 Å². The van der Waals surface area contributed by atoms with Gasteiger partial charge in [0.2, 0.25) is 0 Å². The highest BCUT2D eigenvalue weighted by Gasteiger charge is 2.13. The number of nitrogens with one attached hydrogen (secondary N) is 2. The Balaban J connectivity index is 1.94. The first kappa shape index (κ1) is 25.0. The number of hydrazone groups is 1. The molecule has 0 saturated carbocycles. The number of ether oxygens (including phenoxy) is 4. The van der Waals surface area contributed by atoms with E-state index < -0.39 is 11.8 Å². The van der Waals surface area contributed by atoms with Gasteiger partial charge in [0.15, 0.2) is 23.0 Å². The van der Waals surface area contributed by atoms with Crippen LogP contribution in [0.5, 0.6) is 23.0 Å². The maximum Gasteiger partial charge on any atom is 0.259 e. The third-order valence-corrected chi connectivity index (χ3v) is 4.65. The number of carbonyl (C=O) groups excluding carboxylic acids is 2. The Hall–Kier alpha value is -3.27. The van der Waals surface area contributed by atoms with E-state index in [0.29, 0.717) is 38.6 Å². The van der Waals surface area contributed by atoms with Crippen molar-refractivity contribution < 1.29 is 28.5 Å². The number of benzene rings is 2. The number of carbonyl (C=O) groups is 2. The van der Waals surface area contributed by atoms with Crippen LogP contribution < -0.4 is 29.7 Å². The van der Waals surface area contributed by atoms with E-state index in [1.165, 1.54) is 26.5 Å². The summed E-state index contributed by atoms with van der Waals surface area (Å²) in [5, 5.41) is 6.44. The molecule has 0 bridgehead atoms. The minimum atomic E-state index is -0.485. The molecular formula is C22H26BrN3O6. The largest absolute Gasteiger partial charge is 0.493 e. The van der Waals surface area contributed by atoms with Crippen LogP contribution in [0.15, 0.2) is 39.9 Å². The van der Waals surface area contributed by atoms with Crippen molar-refractivity contribution >= 4 is 34.0 Å². The minimum absolute atomic E-state index is 0.0202. The Bertz CT molecular complexity index is 994. The van der Waals surface area contributed by atoms with Crippen LogP contribution in [0.3, 0.4) is 0 Å². The predicted molar refractivity (Wildman–Crippen MR) is 124 cm³/mol. The van der Waals surface area contributed by atoms with E-state index in [1.54, 1.807) is 31.4 Å². The number of methoxy groups -OCH3 is 3. The number of amides is 2. The molecule has 0 spiro atoms. The predicted octanol–water partition coefficient (Wildman–Crippen LogP) is 3.14. The molecule has 0 fully saturated rings. The van der Waals surface area contributed by atoms with Gasteiger partial charge in [0.25, 0.3) is 11.8 Å². The lowest BCUT2D eigenvalue weighted by Gasteiger charge is -2.15. The molecule has 0 aliphatic heterocycles. The number of halogens is 1. The Morgan fingerprint density at radius 1 is 1.03 bits per heavy atom. The van der Waals surface area contributed by atoms with Gasteiger partial charge in [-0.3, -0.25) is 9.59 Å². The van der Waals surface area contributed by atoms with E-state index in [1.807, 2.05) is 13.8 Å². The van der Waals surface area contributed by atoms with Crippen LogP contribution in [0.2, 0.25) is 0 Å². The molecule has 0 saturated heterocycles. The van der Waals surface area contributed by atoms with Gasteiger partial charge in [0.05, 0.1) is 44.7 Å². The summed E-state index contributed by atoms with van der Waals surface area (Å²) in [6.07, 6.45) is 1.44. The molecule has 0 aliphatic carbocycles. The molecule has 0 heterocycles. The Morgan fingerprint density at radius 2 is 1.72 bits per heavy atom. The minimum Gasteiger partial charge on any atom is -0.493 e. The van der Waals surface area contributed by atoms with E-state index in [4.69, 9.17) is 18.9 Å². The monoisotopic (exact) mass is 507 g/mol. The first-order valence-electron chi connectivity index (χ1n) is 9.65. The maximum absolute atomic E-state index is 12.3. The Kier molecular flexibility index (Phi) is 9.33. The van der Waals surface area contributed by atoms with Crippen molar-refractivity contribution in [3.05, 3.63) is 45.9 Å². The summed E-state index contributed by atoms with van der Waals surface area (Å²) in [6.45, 7) is 3.58. The van der Waals surface area contributed by atoms with E-state index in [2.05, 4.69) is 31.8 Å². The second-order valence-corrected chi connectivity index (χ2v) is 7.60. The van der Waals surface area contributed by atoms with Crippen LogP contribution >= 0.6 is 15.9 Å². The fourth-order valence-corrected chi connectivity index (χ4v) is 3.18. The van der Waals surface area contributed by atoms with Crippen molar-refractivity contribution in [1.82, 2.24) is 10.7 Å². The Morgan fingerprint density at radius 3 is 2.34 bits per heavy atom. The first-order valence-corrected chi connectivity index (χ1v) is 10.4. The highest BCUT2D eigenvalue weighted by Crippen LogP contribution is 2.37. The van der Waals surface area contributed by atoms with Crippen LogP contribution in [0, 0.1) is 0 Å². The standard InChI is InChI=1S/C22H26BrN3O6/c1-13(2)32-21-16(23)8-14(9-19(21)31-5)11-25-26-20(27)12-24-22(28)15-6-7-17(29-3)18(10-15)30-4/h6-11,13H,12H2,1-5H3,(H,24,28)(H,26,27)/b25-11+. The van der Waals surface area contributed by atoms with Crippen LogP contribution in [0.4, 0.5) is 0 Å². The van der Waals surface area contributed by atoms with E-state index in [-0.39, 0.29) is 12.6 Å². The average Bonchev–Trinajstić information content (AvgIpc) is 2.78. The highest BCUT2D eigenvalue weighted by atomic mass is 79.9. The number of hydrogen-bond donors (Lipinski definition) is 2. The van der Waals surface area contributed by atoms with Gasteiger partial charge >= 0.3 is 0 Å². The van der Waals surface area contributed by atoms with E-state index in [9.17, 15) is 9.59 Å². The molecule has 2 N–H and O–H groups in total. The van der Waals surface area contributed by atoms with Crippen molar-refractivity contribution in [1.29, 1.82) is 0 Å². The zero-order valence-corrected chi connectivity index (χ0v) is 20.1. The van der Waals surface area contributed by atoms with Crippen molar-refractivity contribution in [2.75, 3.05) is 27.9 Å². The summed E-state index contributed by atoms with van der Waals surface area (Å²) in [6, 6.07) is 8.24. The van der Waals surface area contributed by atoms with E-state index in [0.717, 1.165) is 0 Å². The highest BCUT2D eigenvalue weighted by molar-refractivity contribution is 9.10. The van der Waals surface area contributed by atoms with Gasteiger partial charge in [-0.2, -0.15) is 5.10 Å². The number of nitrogens with zero attached hydrogens (tertiary/aromatic N) is 1. The zero-order valence-electron chi connectivity index (χ0n) is 18.5. The van der Waals surface area contributed by atoms with Gasteiger partial charge in [0, 0.05) is 5.56 Å². The molecule has 2 aromatic carbocycles. The summed E-state index contributed by atoms with van der Waals surface area (Å²) in [5.41, 5.74) is 3.38. The topological polar surface area (TPSA) is 107 Å². The SMILES string of the molecule is COc1ccc(C(=O)NCC(=O)N/N=C/c2cc(Br)c(OC(C)C)c(OC)c2)cc1OC.